The normalized spacial score (nSPS) is 24.6. The number of ether oxygens (including phenoxy) is 1. The van der Waals surface area contributed by atoms with Crippen molar-refractivity contribution in [3.05, 3.63) is 28.7 Å². The fourth-order valence-corrected chi connectivity index (χ4v) is 2.69. The second-order valence-corrected chi connectivity index (χ2v) is 5.79. The van der Waals surface area contributed by atoms with Crippen LogP contribution in [0.4, 0.5) is 0 Å². The second kappa shape index (κ2) is 6.41. The standard InChI is InChI=1S/C14H20BrNO/c1-11-5-7-16-13(9-11)6-8-17-14-4-2-3-12(15)10-14/h2-4,10-11,13,16H,5-9H2,1H3. The minimum Gasteiger partial charge on any atom is -0.493 e. The number of hydrogen-bond acceptors (Lipinski definition) is 2. The lowest BCUT2D eigenvalue weighted by molar-refractivity contribution is 0.245. The molecule has 1 aliphatic heterocycles. The first-order valence-electron chi connectivity index (χ1n) is 6.36. The monoisotopic (exact) mass is 297 g/mol. The van der Waals surface area contributed by atoms with Gasteiger partial charge < -0.3 is 10.1 Å². The van der Waals surface area contributed by atoms with Crippen LogP contribution in [0, 0.1) is 5.92 Å². The van der Waals surface area contributed by atoms with Gasteiger partial charge in [0.2, 0.25) is 0 Å². The van der Waals surface area contributed by atoms with Crippen molar-refractivity contribution in [2.24, 2.45) is 5.92 Å². The highest BCUT2D eigenvalue weighted by Crippen LogP contribution is 2.20. The van der Waals surface area contributed by atoms with Gasteiger partial charge in [-0.3, -0.25) is 0 Å². The highest BCUT2D eigenvalue weighted by molar-refractivity contribution is 9.10. The number of halogens is 1. The van der Waals surface area contributed by atoms with Gasteiger partial charge in [-0.15, -0.1) is 0 Å². The molecule has 1 fully saturated rings. The molecule has 2 nitrogen and oxygen atoms in total. The predicted molar refractivity (Wildman–Crippen MR) is 74.4 cm³/mol. The van der Waals surface area contributed by atoms with Crippen molar-refractivity contribution < 1.29 is 4.74 Å². The molecule has 0 saturated carbocycles. The van der Waals surface area contributed by atoms with Crippen LogP contribution in [0.25, 0.3) is 0 Å². The minimum atomic E-state index is 0.630. The average molecular weight is 298 g/mol. The maximum atomic E-state index is 5.75. The lowest BCUT2D eigenvalue weighted by atomic mass is 9.93. The van der Waals surface area contributed by atoms with Gasteiger partial charge >= 0.3 is 0 Å². The zero-order valence-corrected chi connectivity index (χ0v) is 11.9. The third kappa shape index (κ3) is 4.32. The van der Waals surface area contributed by atoms with Crippen molar-refractivity contribution in [3.63, 3.8) is 0 Å². The zero-order valence-electron chi connectivity index (χ0n) is 10.3. The van der Waals surface area contributed by atoms with E-state index in [4.69, 9.17) is 4.74 Å². The van der Waals surface area contributed by atoms with E-state index in [0.717, 1.165) is 35.7 Å². The van der Waals surface area contributed by atoms with Crippen LogP contribution in [-0.2, 0) is 0 Å². The Kier molecular flexibility index (Phi) is 4.86. The summed E-state index contributed by atoms with van der Waals surface area (Å²) < 4.78 is 6.82. The third-order valence-corrected chi connectivity index (χ3v) is 3.78. The maximum absolute atomic E-state index is 5.75. The summed E-state index contributed by atoms with van der Waals surface area (Å²) in [5.74, 6) is 1.80. The van der Waals surface area contributed by atoms with Crippen LogP contribution in [0.3, 0.4) is 0 Å². The van der Waals surface area contributed by atoms with Crippen LogP contribution >= 0.6 is 15.9 Å². The molecule has 2 rings (SSSR count). The van der Waals surface area contributed by atoms with Crippen LogP contribution in [0.15, 0.2) is 28.7 Å². The van der Waals surface area contributed by atoms with Gasteiger partial charge in [0.15, 0.2) is 0 Å². The van der Waals surface area contributed by atoms with Crippen molar-refractivity contribution in [2.75, 3.05) is 13.2 Å². The first kappa shape index (κ1) is 12.9. The Morgan fingerprint density at radius 3 is 3.12 bits per heavy atom. The fourth-order valence-electron chi connectivity index (χ4n) is 2.32. The molecule has 0 spiro atoms. The van der Waals surface area contributed by atoms with Crippen molar-refractivity contribution >= 4 is 15.9 Å². The molecule has 0 radical (unpaired) electrons. The summed E-state index contributed by atoms with van der Waals surface area (Å²) in [6, 6.07) is 8.65. The van der Waals surface area contributed by atoms with Gasteiger partial charge in [0.05, 0.1) is 6.61 Å². The van der Waals surface area contributed by atoms with Gasteiger partial charge in [0.1, 0.15) is 5.75 Å². The van der Waals surface area contributed by atoms with Gasteiger partial charge in [0.25, 0.3) is 0 Å². The van der Waals surface area contributed by atoms with Crippen molar-refractivity contribution in [2.45, 2.75) is 32.2 Å². The number of hydrogen-bond donors (Lipinski definition) is 1. The summed E-state index contributed by atoms with van der Waals surface area (Å²) in [7, 11) is 0. The van der Waals surface area contributed by atoms with Gasteiger partial charge in [-0.2, -0.15) is 0 Å². The quantitative estimate of drug-likeness (QED) is 0.917. The molecule has 1 aliphatic rings. The topological polar surface area (TPSA) is 21.3 Å². The first-order valence-corrected chi connectivity index (χ1v) is 7.15. The SMILES string of the molecule is CC1CCNC(CCOc2cccc(Br)c2)C1. The number of piperidine rings is 1. The highest BCUT2D eigenvalue weighted by atomic mass is 79.9. The lowest BCUT2D eigenvalue weighted by Crippen LogP contribution is -2.38. The number of benzene rings is 1. The third-order valence-electron chi connectivity index (χ3n) is 3.29. The molecule has 17 heavy (non-hydrogen) atoms. The summed E-state index contributed by atoms with van der Waals surface area (Å²) in [5.41, 5.74) is 0. The van der Waals surface area contributed by atoms with E-state index in [2.05, 4.69) is 28.2 Å². The fraction of sp³-hybridized carbons (Fsp3) is 0.571. The Hall–Kier alpha value is -0.540. The minimum absolute atomic E-state index is 0.630. The Labute approximate surface area is 112 Å². The van der Waals surface area contributed by atoms with Crippen LogP contribution in [0.2, 0.25) is 0 Å². The largest absolute Gasteiger partial charge is 0.493 e. The van der Waals surface area contributed by atoms with Crippen LogP contribution < -0.4 is 10.1 Å². The summed E-state index contributed by atoms with van der Waals surface area (Å²) in [5, 5.41) is 3.56. The molecular formula is C14H20BrNO. The molecule has 0 amide bonds. The van der Waals surface area contributed by atoms with Crippen LogP contribution in [0.5, 0.6) is 5.75 Å². The van der Waals surface area contributed by atoms with E-state index in [1.807, 2.05) is 24.3 Å². The van der Waals surface area contributed by atoms with Crippen LogP contribution in [0.1, 0.15) is 26.2 Å². The van der Waals surface area contributed by atoms with E-state index in [-0.39, 0.29) is 0 Å². The van der Waals surface area contributed by atoms with Gasteiger partial charge in [-0.25, -0.2) is 0 Å². The van der Waals surface area contributed by atoms with Gasteiger partial charge in [0, 0.05) is 10.5 Å². The van der Waals surface area contributed by atoms with E-state index >= 15 is 0 Å². The molecule has 1 N–H and O–H groups in total. The molecule has 3 heteroatoms. The Bertz CT molecular complexity index is 356. The first-order chi connectivity index (χ1) is 8.24. The Balaban J connectivity index is 1.72. The molecule has 94 valence electrons. The maximum Gasteiger partial charge on any atom is 0.120 e. The zero-order chi connectivity index (χ0) is 12.1. The molecule has 0 aliphatic carbocycles. The summed E-state index contributed by atoms with van der Waals surface area (Å²) in [4.78, 5) is 0. The summed E-state index contributed by atoms with van der Waals surface area (Å²) in [6.07, 6.45) is 3.68. The molecule has 2 atom stereocenters. The summed E-state index contributed by atoms with van der Waals surface area (Å²) in [6.45, 7) is 4.28. The second-order valence-electron chi connectivity index (χ2n) is 4.88. The smallest absolute Gasteiger partial charge is 0.120 e. The van der Waals surface area contributed by atoms with E-state index in [1.54, 1.807) is 0 Å². The molecule has 0 bridgehead atoms. The van der Waals surface area contributed by atoms with Crippen LogP contribution in [-0.4, -0.2) is 19.2 Å². The molecule has 1 heterocycles. The Morgan fingerprint density at radius 1 is 1.47 bits per heavy atom. The van der Waals surface area contributed by atoms with Crippen molar-refractivity contribution in [3.8, 4) is 5.75 Å². The molecule has 1 aromatic carbocycles. The lowest BCUT2D eigenvalue weighted by Gasteiger charge is -2.28. The molecular weight excluding hydrogens is 278 g/mol. The molecule has 0 aromatic heterocycles. The van der Waals surface area contributed by atoms with Gasteiger partial charge in [-0.1, -0.05) is 28.9 Å². The average Bonchev–Trinajstić information content (AvgIpc) is 2.29. The van der Waals surface area contributed by atoms with E-state index in [9.17, 15) is 0 Å². The van der Waals surface area contributed by atoms with Crippen molar-refractivity contribution in [1.82, 2.24) is 5.32 Å². The number of rotatable bonds is 4. The molecule has 1 saturated heterocycles. The molecule has 2 unspecified atom stereocenters. The molecule has 1 aromatic rings. The van der Waals surface area contributed by atoms with E-state index in [0.29, 0.717) is 6.04 Å². The number of nitrogens with one attached hydrogen (secondary N) is 1. The predicted octanol–water partition coefficient (Wildman–Crippen LogP) is 3.61. The summed E-state index contributed by atoms with van der Waals surface area (Å²) >= 11 is 3.45. The Morgan fingerprint density at radius 2 is 2.35 bits per heavy atom. The van der Waals surface area contributed by atoms with Gasteiger partial charge in [-0.05, 0) is 49.9 Å². The van der Waals surface area contributed by atoms with E-state index in [1.165, 1.54) is 12.8 Å². The van der Waals surface area contributed by atoms with Crippen molar-refractivity contribution in [1.29, 1.82) is 0 Å². The van der Waals surface area contributed by atoms with E-state index < -0.39 is 0 Å². The highest BCUT2D eigenvalue weighted by Gasteiger charge is 2.17.